The van der Waals surface area contributed by atoms with Gasteiger partial charge in [0.25, 0.3) is 0 Å². The number of carbonyl (C=O) groups is 2. The molecule has 2 aliphatic rings. The molecule has 0 spiro atoms. The third-order valence-corrected chi connectivity index (χ3v) is 7.54. The number of carbonyl (C=O) groups excluding carboxylic acids is 2. The Kier molecular flexibility index (Phi) is 7.18. The fourth-order valence-electron chi connectivity index (χ4n) is 4.14. The molecule has 30 heavy (non-hydrogen) atoms. The average Bonchev–Trinajstić information content (AvgIpc) is 2.87. The minimum absolute atomic E-state index is 0.0591. The highest BCUT2D eigenvalue weighted by Crippen LogP contribution is 2.26. The van der Waals surface area contributed by atoms with E-state index in [9.17, 15) is 18.0 Å². The lowest BCUT2D eigenvalue weighted by atomic mass is 9.87. The van der Waals surface area contributed by atoms with E-state index in [-0.39, 0.29) is 28.7 Å². The van der Waals surface area contributed by atoms with E-state index < -0.39 is 16.1 Å². The van der Waals surface area contributed by atoms with Gasteiger partial charge in [-0.1, -0.05) is 20.8 Å². The molecule has 0 saturated heterocycles. The van der Waals surface area contributed by atoms with Gasteiger partial charge in [-0.15, -0.1) is 0 Å². The minimum atomic E-state index is -3.88. The SMILES string of the molecule is CC1CCC(NC(=O)[C@@H](NS(=O)(=O)c2ccc3c(c2)CCCC(=O)N3)C(C)C)CC1. The van der Waals surface area contributed by atoms with E-state index >= 15 is 0 Å². The number of aryl methyl sites for hydroxylation is 1. The van der Waals surface area contributed by atoms with Crippen LogP contribution in [0.3, 0.4) is 0 Å². The molecular formula is C22H33N3O4S. The third-order valence-electron chi connectivity index (χ3n) is 6.10. The number of amides is 2. The monoisotopic (exact) mass is 435 g/mol. The second-order valence-corrected chi connectivity index (χ2v) is 10.7. The largest absolute Gasteiger partial charge is 0.352 e. The Bertz CT molecular complexity index is 890. The summed E-state index contributed by atoms with van der Waals surface area (Å²) in [5.74, 6) is 0.157. The molecule has 1 aromatic rings. The molecule has 1 aromatic carbocycles. The average molecular weight is 436 g/mol. The van der Waals surface area contributed by atoms with Crippen LogP contribution in [0.4, 0.5) is 5.69 Å². The molecule has 166 valence electrons. The van der Waals surface area contributed by atoms with Gasteiger partial charge in [-0.05, 0) is 74.1 Å². The van der Waals surface area contributed by atoms with E-state index in [1.807, 2.05) is 13.8 Å². The quantitative estimate of drug-likeness (QED) is 0.639. The van der Waals surface area contributed by atoms with Gasteiger partial charge in [-0.25, -0.2) is 8.42 Å². The van der Waals surface area contributed by atoms with Gasteiger partial charge < -0.3 is 10.6 Å². The summed E-state index contributed by atoms with van der Waals surface area (Å²) in [6.07, 6.45) is 5.74. The van der Waals surface area contributed by atoms with E-state index in [4.69, 9.17) is 0 Å². The third kappa shape index (κ3) is 5.60. The molecule has 0 bridgehead atoms. The molecule has 0 radical (unpaired) electrons. The number of benzene rings is 1. The Hall–Kier alpha value is -1.93. The van der Waals surface area contributed by atoms with Crippen molar-refractivity contribution in [1.29, 1.82) is 0 Å². The van der Waals surface area contributed by atoms with Gasteiger partial charge in [0.2, 0.25) is 21.8 Å². The normalized spacial score (nSPS) is 23.3. The summed E-state index contributed by atoms with van der Waals surface area (Å²) < 4.78 is 28.7. The first-order valence-electron chi connectivity index (χ1n) is 10.9. The van der Waals surface area contributed by atoms with Crippen molar-refractivity contribution in [1.82, 2.24) is 10.0 Å². The van der Waals surface area contributed by atoms with E-state index in [1.54, 1.807) is 12.1 Å². The lowest BCUT2D eigenvalue weighted by Gasteiger charge is -2.29. The fraction of sp³-hybridized carbons (Fsp3) is 0.636. The predicted molar refractivity (Wildman–Crippen MR) is 117 cm³/mol. The van der Waals surface area contributed by atoms with Gasteiger partial charge in [-0.3, -0.25) is 9.59 Å². The molecule has 1 fully saturated rings. The summed E-state index contributed by atoms with van der Waals surface area (Å²) in [5.41, 5.74) is 1.45. The Labute approximate surface area is 179 Å². The molecule has 1 heterocycles. The van der Waals surface area contributed by atoms with Crippen LogP contribution in [0.25, 0.3) is 0 Å². The second-order valence-electron chi connectivity index (χ2n) is 9.03. The van der Waals surface area contributed by atoms with Crippen LogP contribution in [0.2, 0.25) is 0 Å². The fourth-order valence-corrected chi connectivity index (χ4v) is 5.54. The molecule has 2 amide bonds. The highest BCUT2D eigenvalue weighted by Gasteiger charge is 2.31. The second kappa shape index (κ2) is 9.47. The standard InChI is InChI=1S/C22H33N3O4S/c1-14(2)21(22(27)23-17-9-7-15(3)8-10-17)25-30(28,29)18-11-12-19-16(13-18)5-4-6-20(26)24-19/h11-15,17,21,25H,4-10H2,1-3H3,(H,23,27)(H,24,26)/t15?,17?,21-/m0/s1. The van der Waals surface area contributed by atoms with Crippen molar-refractivity contribution >= 4 is 27.5 Å². The number of hydrogen-bond acceptors (Lipinski definition) is 4. The molecule has 1 aliphatic carbocycles. The van der Waals surface area contributed by atoms with Gasteiger partial charge in [0.15, 0.2) is 0 Å². The Morgan fingerprint density at radius 1 is 1.13 bits per heavy atom. The molecule has 1 saturated carbocycles. The van der Waals surface area contributed by atoms with Gasteiger partial charge in [0.1, 0.15) is 6.04 Å². The molecule has 0 unspecified atom stereocenters. The maximum absolute atomic E-state index is 13.0. The summed E-state index contributed by atoms with van der Waals surface area (Å²) in [6, 6.07) is 3.97. The molecule has 7 nitrogen and oxygen atoms in total. The Balaban J connectivity index is 1.73. The molecule has 0 aromatic heterocycles. The maximum Gasteiger partial charge on any atom is 0.241 e. The number of sulfonamides is 1. The number of rotatable bonds is 6. The zero-order chi connectivity index (χ0) is 21.9. The van der Waals surface area contributed by atoms with Crippen molar-refractivity contribution in [3.8, 4) is 0 Å². The number of fused-ring (bicyclic) bond motifs is 1. The molecule has 3 rings (SSSR count). The van der Waals surface area contributed by atoms with Crippen molar-refractivity contribution in [3.05, 3.63) is 23.8 Å². The van der Waals surface area contributed by atoms with Crippen LogP contribution in [-0.2, 0) is 26.0 Å². The molecule has 3 N–H and O–H groups in total. The number of anilines is 1. The summed E-state index contributed by atoms with van der Waals surface area (Å²) in [6.45, 7) is 5.89. The van der Waals surface area contributed by atoms with Crippen LogP contribution in [-0.4, -0.2) is 32.3 Å². The zero-order valence-corrected chi connectivity index (χ0v) is 18.8. The maximum atomic E-state index is 13.0. The molecule has 8 heteroatoms. The molecular weight excluding hydrogens is 402 g/mol. The van der Waals surface area contributed by atoms with Crippen LogP contribution < -0.4 is 15.4 Å². The van der Waals surface area contributed by atoms with Crippen molar-refractivity contribution < 1.29 is 18.0 Å². The summed E-state index contributed by atoms with van der Waals surface area (Å²) in [5, 5.41) is 5.85. The van der Waals surface area contributed by atoms with Crippen LogP contribution in [0.5, 0.6) is 0 Å². The van der Waals surface area contributed by atoms with Crippen LogP contribution in [0, 0.1) is 11.8 Å². The van der Waals surface area contributed by atoms with Crippen molar-refractivity contribution in [2.24, 2.45) is 11.8 Å². The predicted octanol–water partition coefficient (Wildman–Crippen LogP) is 2.96. The van der Waals surface area contributed by atoms with E-state index in [2.05, 4.69) is 22.3 Å². The lowest BCUT2D eigenvalue weighted by Crippen LogP contribution is -2.52. The molecule has 1 atom stereocenters. The van der Waals surface area contributed by atoms with Crippen molar-refractivity contribution in [3.63, 3.8) is 0 Å². The van der Waals surface area contributed by atoms with Crippen LogP contribution in [0.1, 0.15) is 64.9 Å². The van der Waals surface area contributed by atoms with Crippen molar-refractivity contribution in [2.75, 3.05) is 5.32 Å². The lowest BCUT2D eigenvalue weighted by molar-refractivity contribution is -0.124. The zero-order valence-electron chi connectivity index (χ0n) is 18.0. The first-order valence-corrected chi connectivity index (χ1v) is 12.4. The summed E-state index contributed by atoms with van der Waals surface area (Å²) in [4.78, 5) is 24.7. The summed E-state index contributed by atoms with van der Waals surface area (Å²) in [7, 11) is -3.88. The molecule has 1 aliphatic heterocycles. The summed E-state index contributed by atoms with van der Waals surface area (Å²) >= 11 is 0. The smallest absolute Gasteiger partial charge is 0.241 e. The topological polar surface area (TPSA) is 104 Å². The van der Waals surface area contributed by atoms with Crippen LogP contribution in [0.15, 0.2) is 23.1 Å². The Morgan fingerprint density at radius 3 is 2.50 bits per heavy atom. The van der Waals surface area contributed by atoms with Crippen molar-refractivity contribution in [2.45, 2.75) is 82.7 Å². The Morgan fingerprint density at radius 2 is 1.83 bits per heavy atom. The van der Waals surface area contributed by atoms with Gasteiger partial charge in [-0.2, -0.15) is 4.72 Å². The first kappa shape index (κ1) is 22.7. The van der Waals surface area contributed by atoms with E-state index in [0.29, 0.717) is 30.9 Å². The minimum Gasteiger partial charge on any atom is -0.352 e. The van der Waals surface area contributed by atoms with E-state index in [0.717, 1.165) is 31.2 Å². The first-order chi connectivity index (χ1) is 14.2. The number of nitrogens with one attached hydrogen (secondary N) is 3. The van der Waals surface area contributed by atoms with Gasteiger partial charge >= 0.3 is 0 Å². The number of hydrogen-bond donors (Lipinski definition) is 3. The van der Waals surface area contributed by atoms with Crippen LogP contribution >= 0.6 is 0 Å². The van der Waals surface area contributed by atoms with Gasteiger partial charge in [0.05, 0.1) is 4.90 Å². The van der Waals surface area contributed by atoms with E-state index in [1.165, 1.54) is 6.07 Å². The highest BCUT2D eigenvalue weighted by atomic mass is 32.2. The van der Waals surface area contributed by atoms with Gasteiger partial charge in [0, 0.05) is 18.2 Å². The highest BCUT2D eigenvalue weighted by molar-refractivity contribution is 7.89.